The van der Waals surface area contributed by atoms with Gasteiger partial charge in [-0.25, -0.2) is 9.97 Å². The van der Waals surface area contributed by atoms with Crippen LogP contribution in [-0.2, 0) is 6.54 Å². The van der Waals surface area contributed by atoms with E-state index < -0.39 is 0 Å². The van der Waals surface area contributed by atoms with Gasteiger partial charge in [0, 0.05) is 36.0 Å². The Kier molecular flexibility index (Phi) is 5.48. The third kappa shape index (κ3) is 3.97. The van der Waals surface area contributed by atoms with Crippen molar-refractivity contribution < 1.29 is 4.79 Å². The molecule has 0 radical (unpaired) electrons. The average molecular weight is 461 g/mol. The van der Waals surface area contributed by atoms with Crippen LogP contribution < -0.4 is 5.73 Å². The van der Waals surface area contributed by atoms with Crippen LogP contribution in [0.5, 0.6) is 0 Å². The van der Waals surface area contributed by atoms with Crippen LogP contribution >= 0.6 is 27.5 Å². The van der Waals surface area contributed by atoms with Crippen molar-refractivity contribution in [1.29, 1.82) is 0 Å². The lowest BCUT2D eigenvalue weighted by molar-refractivity contribution is 0.0626. The molecule has 8 heteroatoms. The average Bonchev–Trinajstić information content (AvgIpc) is 2.70. The highest BCUT2D eigenvalue weighted by Gasteiger charge is 2.24. The molecule has 1 amide bonds. The van der Waals surface area contributed by atoms with Gasteiger partial charge >= 0.3 is 0 Å². The maximum absolute atomic E-state index is 12.8. The van der Waals surface area contributed by atoms with E-state index in [1.165, 1.54) is 0 Å². The van der Waals surface area contributed by atoms with Crippen LogP contribution in [0.2, 0.25) is 5.02 Å². The van der Waals surface area contributed by atoms with Gasteiger partial charge in [-0.15, -0.1) is 0 Å². The van der Waals surface area contributed by atoms with Crippen molar-refractivity contribution >= 4 is 50.2 Å². The number of piperazine rings is 1. The standard InChI is InChI=1S/C20H19BrClN5O/c21-13-5-6-16(22)15(11-13)20(28)27-9-7-26(8-10-27)12-18-24-17-4-2-1-3-14(17)19(23)25-18/h1-6,11H,7-10,12H2,(H2,23,24,25). The molecule has 28 heavy (non-hydrogen) atoms. The van der Waals surface area contributed by atoms with Gasteiger partial charge < -0.3 is 10.6 Å². The first-order valence-electron chi connectivity index (χ1n) is 8.99. The van der Waals surface area contributed by atoms with Gasteiger partial charge in [0.2, 0.25) is 0 Å². The minimum Gasteiger partial charge on any atom is -0.383 e. The summed E-state index contributed by atoms with van der Waals surface area (Å²) in [6, 6.07) is 13.1. The Balaban J connectivity index is 1.42. The minimum absolute atomic E-state index is 0.0443. The van der Waals surface area contributed by atoms with Gasteiger partial charge in [0.15, 0.2) is 0 Å². The molecular weight excluding hydrogens is 442 g/mol. The summed E-state index contributed by atoms with van der Waals surface area (Å²) >= 11 is 9.60. The Hall–Kier alpha value is -2.22. The third-order valence-corrected chi connectivity index (χ3v) is 5.69. The smallest absolute Gasteiger partial charge is 0.255 e. The summed E-state index contributed by atoms with van der Waals surface area (Å²) in [6.07, 6.45) is 0. The van der Waals surface area contributed by atoms with Crippen molar-refractivity contribution in [3.05, 3.63) is 63.3 Å². The molecule has 0 atom stereocenters. The Morgan fingerprint density at radius 3 is 2.64 bits per heavy atom. The highest BCUT2D eigenvalue weighted by atomic mass is 79.9. The SMILES string of the molecule is Nc1nc(CN2CCN(C(=O)c3cc(Br)ccc3Cl)CC2)nc2ccccc12. The summed E-state index contributed by atoms with van der Waals surface area (Å²) in [7, 11) is 0. The number of aromatic nitrogens is 2. The number of halogens is 2. The molecule has 2 heterocycles. The predicted molar refractivity (Wildman–Crippen MR) is 114 cm³/mol. The van der Waals surface area contributed by atoms with E-state index in [-0.39, 0.29) is 5.91 Å². The quantitative estimate of drug-likeness (QED) is 0.646. The van der Waals surface area contributed by atoms with E-state index in [4.69, 9.17) is 17.3 Å². The van der Waals surface area contributed by atoms with E-state index in [1.807, 2.05) is 35.2 Å². The molecule has 1 aliphatic heterocycles. The van der Waals surface area contributed by atoms with Crippen molar-refractivity contribution in [3.63, 3.8) is 0 Å². The van der Waals surface area contributed by atoms with E-state index in [1.54, 1.807) is 12.1 Å². The number of carbonyl (C=O) groups excluding carboxylic acids is 1. The topological polar surface area (TPSA) is 75.3 Å². The van der Waals surface area contributed by atoms with Gasteiger partial charge in [0.05, 0.1) is 22.6 Å². The summed E-state index contributed by atoms with van der Waals surface area (Å²) in [4.78, 5) is 25.9. The number of hydrogen-bond acceptors (Lipinski definition) is 5. The number of nitrogens with zero attached hydrogens (tertiary/aromatic N) is 4. The molecule has 1 aliphatic rings. The predicted octanol–water partition coefficient (Wildman–Crippen LogP) is 3.59. The number of nitrogens with two attached hydrogens (primary N) is 1. The number of para-hydroxylation sites is 1. The number of rotatable bonds is 3. The van der Waals surface area contributed by atoms with Gasteiger partial charge in [-0.3, -0.25) is 9.69 Å². The van der Waals surface area contributed by atoms with Crippen LogP contribution in [0.1, 0.15) is 16.2 Å². The Morgan fingerprint density at radius 1 is 1.11 bits per heavy atom. The maximum Gasteiger partial charge on any atom is 0.255 e. The lowest BCUT2D eigenvalue weighted by Crippen LogP contribution is -2.48. The summed E-state index contributed by atoms with van der Waals surface area (Å²) < 4.78 is 0.838. The summed E-state index contributed by atoms with van der Waals surface area (Å²) in [5.41, 5.74) is 7.45. The van der Waals surface area contributed by atoms with Crippen LogP contribution in [0.4, 0.5) is 5.82 Å². The molecule has 4 rings (SSSR count). The van der Waals surface area contributed by atoms with E-state index in [0.717, 1.165) is 28.5 Å². The summed E-state index contributed by atoms with van der Waals surface area (Å²) in [6.45, 7) is 3.35. The highest BCUT2D eigenvalue weighted by molar-refractivity contribution is 9.10. The number of carbonyl (C=O) groups is 1. The summed E-state index contributed by atoms with van der Waals surface area (Å²) in [5.74, 6) is 1.15. The first kappa shape index (κ1) is 19.1. The van der Waals surface area contributed by atoms with Crippen LogP contribution in [0.3, 0.4) is 0 Å². The Morgan fingerprint density at radius 2 is 1.86 bits per heavy atom. The van der Waals surface area contributed by atoms with Gasteiger partial charge in [-0.2, -0.15) is 0 Å². The van der Waals surface area contributed by atoms with E-state index in [2.05, 4.69) is 30.8 Å². The van der Waals surface area contributed by atoms with Gasteiger partial charge in [0.25, 0.3) is 5.91 Å². The van der Waals surface area contributed by atoms with E-state index >= 15 is 0 Å². The van der Waals surface area contributed by atoms with Crippen molar-refractivity contribution in [1.82, 2.24) is 19.8 Å². The fraction of sp³-hybridized carbons (Fsp3) is 0.250. The van der Waals surface area contributed by atoms with Crippen LogP contribution in [0.15, 0.2) is 46.9 Å². The van der Waals surface area contributed by atoms with Crippen molar-refractivity contribution in [2.24, 2.45) is 0 Å². The zero-order valence-electron chi connectivity index (χ0n) is 15.1. The second-order valence-electron chi connectivity index (χ2n) is 6.73. The Labute approximate surface area is 176 Å². The minimum atomic E-state index is -0.0443. The van der Waals surface area contributed by atoms with Crippen molar-refractivity contribution in [3.8, 4) is 0 Å². The normalized spacial score (nSPS) is 15.1. The molecule has 0 unspecified atom stereocenters. The monoisotopic (exact) mass is 459 g/mol. The van der Waals surface area contributed by atoms with Gasteiger partial charge in [-0.05, 0) is 30.3 Å². The molecule has 0 spiro atoms. The molecule has 1 fully saturated rings. The van der Waals surface area contributed by atoms with Crippen LogP contribution in [0.25, 0.3) is 10.9 Å². The van der Waals surface area contributed by atoms with Crippen LogP contribution in [-0.4, -0.2) is 51.9 Å². The first-order valence-corrected chi connectivity index (χ1v) is 10.2. The first-order chi connectivity index (χ1) is 13.5. The number of hydrogen-bond donors (Lipinski definition) is 1. The molecule has 1 saturated heterocycles. The molecule has 0 aliphatic carbocycles. The van der Waals surface area contributed by atoms with Crippen LogP contribution in [0, 0.1) is 0 Å². The zero-order chi connectivity index (χ0) is 19.7. The number of benzene rings is 2. The lowest BCUT2D eigenvalue weighted by Gasteiger charge is -2.34. The molecule has 6 nitrogen and oxygen atoms in total. The number of fused-ring (bicyclic) bond motifs is 1. The summed E-state index contributed by atoms with van der Waals surface area (Å²) in [5, 5.41) is 1.34. The molecule has 2 N–H and O–H groups in total. The van der Waals surface area contributed by atoms with Gasteiger partial charge in [-0.1, -0.05) is 39.7 Å². The fourth-order valence-corrected chi connectivity index (χ4v) is 3.92. The Bertz CT molecular complexity index is 1040. The fourth-order valence-electron chi connectivity index (χ4n) is 3.36. The molecule has 1 aromatic heterocycles. The zero-order valence-corrected chi connectivity index (χ0v) is 17.4. The second kappa shape index (κ2) is 8.03. The van der Waals surface area contributed by atoms with E-state index in [0.29, 0.717) is 41.9 Å². The molecule has 0 saturated carbocycles. The number of anilines is 1. The second-order valence-corrected chi connectivity index (χ2v) is 8.06. The van der Waals surface area contributed by atoms with Gasteiger partial charge in [0.1, 0.15) is 11.6 Å². The van der Waals surface area contributed by atoms with E-state index in [9.17, 15) is 4.79 Å². The number of nitrogen functional groups attached to an aromatic ring is 1. The molecule has 0 bridgehead atoms. The third-order valence-electron chi connectivity index (χ3n) is 4.86. The molecule has 3 aromatic rings. The molecular formula is C20H19BrClN5O. The highest BCUT2D eigenvalue weighted by Crippen LogP contribution is 2.23. The van der Waals surface area contributed by atoms with Crippen molar-refractivity contribution in [2.75, 3.05) is 31.9 Å². The molecule has 144 valence electrons. The largest absolute Gasteiger partial charge is 0.383 e. The lowest BCUT2D eigenvalue weighted by atomic mass is 10.1. The molecule has 2 aromatic carbocycles. The maximum atomic E-state index is 12.8. The van der Waals surface area contributed by atoms with Crippen molar-refractivity contribution in [2.45, 2.75) is 6.54 Å². The number of amides is 1.